The molecule has 1 aromatic rings. The van der Waals surface area contributed by atoms with E-state index < -0.39 is 0 Å². The first-order valence-corrected chi connectivity index (χ1v) is 6.17. The zero-order chi connectivity index (χ0) is 12.5. The molecular formula is C14H21NO2. The van der Waals surface area contributed by atoms with E-state index in [2.05, 4.69) is 0 Å². The summed E-state index contributed by atoms with van der Waals surface area (Å²) in [4.78, 5) is 0. The minimum Gasteiger partial charge on any atom is -0.486 e. The maximum absolute atomic E-state index is 5.92. The molecular weight excluding hydrogens is 214 g/mol. The lowest BCUT2D eigenvalue weighted by Crippen LogP contribution is -2.23. The Balaban J connectivity index is 2.28. The number of hydrogen-bond acceptors (Lipinski definition) is 3. The van der Waals surface area contributed by atoms with E-state index in [-0.39, 0.29) is 5.60 Å². The van der Waals surface area contributed by atoms with Crippen molar-refractivity contribution in [2.45, 2.75) is 51.9 Å². The molecule has 0 aromatic heterocycles. The van der Waals surface area contributed by atoms with Crippen molar-refractivity contribution in [2.75, 3.05) is 0 Å². The highest BCUT2D eigenvalue weighted by Crippen LogP contribution is 2.37. The third-order valence-electron chi connectivity index (χ3n) is 2.51. The Morgan fingerprint density at radius 2 is 2.00 bits per heavy atom. The van der Waals surface area contributed by atoms with Crippen molar-refractivity contribution in [3.63, 3.8) is 0 Å². The lowest BCUT2D eigenvalue weighted by Gasteiger charge is -2.24. The van der Waals surface area contributed by atoms with Crippen LogP contribution in [0.5, 0.6) is 11.5 Å². The van der Waals surface area contributed by atoms with Gasteiger partial charge in [0.05, 0.1) is 6.10 Å². The van der Waals surface area contributed by atoms with Crippen molar-refractivity contribution in [1.29, 1.82) is 0 Å². The summed E-state index contributed by atoms with van der Waals surface area (Å²) in [5, 5.41) is 0. The maximum Gasteiger partial charge on any atom is 0.166 e. The number of nitrogens with two attached hydrogens (primary N) is 1. The minimum absolute atomic E-state index is 0.227. The molecule has 0 heterocycles. The lowest BCUT2D eigenvalue weighted by molar-refractivity contribution is 0.122. The third-order valence-corrected chi connectivity index (χ3v) is 2.51. The monoisotopic (exact) mass is 235 g/mol. The molecule has 0 radical (unpaired) electrons. The first-order valence-electron chi connectivity index (χ1n) is 6.17. The van der Waals surface area contributed by atoms with E-state index >= 15 is 0 Å². The second kappa shape index (κ2) is 4.57. The predicted molar refractivity (Wildman–Crippen MR) is 68.4 cm³/mol. The van der Waals surface area contributed by atoms with Gasteiger partial charge in [-0.1, -0.05) is 12.1 Å². The molecule has 0 spiro atoms. The fourth-order valence-corrected chi connectivity index (χ4v) is 1.62. The fourth-order valence-electron chi connectivity index (χ4n) is 1.62. The average molecular weight is 235 g/mol. The molecule has 3 heteroatoms. The molecule has 0 aliphatic heterocycles. The third kappa shape index (κ3) is 3.37. The number of benzene rings is 1. The van der Waals surface area contributed by atoms with Crippen LogP contribution < -0.4 is 15.2 Å². The van der Waals surface area contributed by atoms with E-state index in [0.717, 1.165) is 29.9 Å². The largest absolute Gasteiger partial charge is 0.486 e. The zero-order valence-electron chi connectivity index (χ0n) is 10.8. The molecule has 0 amide bonds. The fraction of sp³-hybridized carbons (Fsp3) is 0.571. The van der Waals surface area contributed by atoms with Crippen molar-refractivity contribution in [3.8, 4) is 11.5 Å². The van der Waals surface area contributed by atoms with E-state index in [1.54, 1.807) is 0 Å². The van der Waals surface area contributed by atoms with E-state index in [0.29, 0.717) is 12.6 Å². The zero-order valence-corrected chi connectivity index (χ0v) is 10.8. The van der Waals surface area contributed by atoms with Gasteiger partial charge in [-0.2, -0.15) is 0 Å². The van der Waals surface area contributed by atoms with Crippen LogP contribution in [0.1, 0.15) is 39.2 Å². The molecule has 2 rings (SSSR count). The van der Waals surface area contributed by atoms with Gasteiger partial charge < -0.3 is 15.2 Å². The van der Waals surface area contributed by atoms with Crippen molar-refractivity contribution in [2.24, 2.45) is 5.73 Å². The van der Waals surface area contributed by atoms with Gasteiger partial charge in [0, 0.05) is 12.1 Å². The molecule has 1 aliphatic rings. The Morgan fingerprint density at radius 3 is 2.53 bits per heavy atom. The molecule has 0 bridgehead atoms. The van der Waals surface area contributed by atoms with Crippen molar-refractivity contribution in [1.82, 2.24) is 0 Å². The molecule has 1 fully saturated rings. The molecule has 1 aromatic carbocycles. The summed E-state index contributed by atoms with van der Waals surface area (Å²) < 4.78 is 11.8. The van der Waals surface area contributed by atoms with Gasteiger partial charge in [0.25, 0.3) is 0 Å². The quantitative estimate of drug-likeness (QED) is 0.872. The van der Waals surface area contributed by atoms with Gasteiger partial charge in [0.1, 0.15) is 5.60 Å². The van der Waals surface area contributed by atoms with Gasteiger partial charge in [0.2, 0.25) is 0 Å². The van der Waals surface area contributed by atoms with Gasteiger partial charge >= 0.3 is 0 Å². The predicted octanol–water partition coefficient (Wildman–Crippen LogP) is 2.86. The van der Waals surface area contributed by atoms with Gasteiger partial charge in [-0.25, -0.2) is 0 Å². The Bertz CT molecular complexity index is 392. The van der Waals surface area contributed by atoms with Crippen molar-refractivity contribution in [3.05, 3.63) is 23.8 Å². The first-order chi connectivity index (χ1) is 7.99. The van der Waals surface area contributed by atoms with Crippen LogP contribution in [0.3, 0.4) is 0 Å². The van der Waals surface area contributed by atoms with Crippen LogP contribution >= 0.6 is 0 Å². The maximum atomic E-state index is 5.92. The highest BCUT2D eigenvalue weighted by molar-refractivity contribution is 5.47. The second-order valence-corrected chi connectivity index (χ2v) is 5.48. The summed E-state index contributed by atoms with van der Waals surface area (Å²) in [7, 11) is 0. The summed E-state index contributed by atoms with van der Waals surface area (Å²) in [5.41, 5.74) is 6.53. The summed E-state index contributed by atoms with van der Waals surface area (Å²) in [6, 6.07) is 5.90. The Hall–Kier alpha value is -1.22. The molecule has 2 N–H and O–H groups in total. The molecule has 1 saturated carbocycles. The van der Waals surface area contributed by atoms with Crippen LogP contribution in [0.4, 0.5) is 0 Å². The van der Waals surface area contributed by atoms with Gasteiger partial charge in [-0.05, 0) is 39.7 Å². The summed E-state index contributed by atoms with van der Waals surface area (Å²) in [6.45, 7) is 6.57. The van der Waals surface area contributed by atoms with Crippen LogP contribution in [0.15, 0.2) is 18.2 Å². The highest BCUT2D eigenvalue weighted by Gasteiger charge is 2.27. The topological polar surface area (TPSA) is 44.5 Å². The SMILES string of the molecule is CC(C)(C)Oc1cccc(CN)c1OC1CC1. The van der Waals surface area contributed by atoms with Crippen molar-refractivity contribution < 1.29 is 9.47 Å². The Kier molecular flexibility index (Phi) is 3.29. The second-order valence-electron chi connectivity index (χ2n) is 5.48. The molecule has 0 atom stereocenters. The highest BCUT2D eigenvalue weighted by atomic mass is 16.5. The first kappa shape index (κ1) is 12.2. The minimum atomic E-state index is -0.227. The molecule has 0 unspecified atom stereocenters. The van der Waals surface area contributed by atoms with Crippen LogP contribution in [-0.4, -0.2) is 11.7 Å². The van der Waals surface area contributed by atoms with E-state index in [9.17, 15) is 0 Å². The Labute approximate surface area is 103 Å². The van der Waals surface area contributed by atoms with Crippen LogP contribution in [0, 0.1) is 0 Å². The van der Waals surface area contributed by atoms with Crippen LogP contribution in [0.25, 0.3) is 0 Å². The van der Waals surface area contributed by atoms with E-state index in [1.165, 1.54) is 0 Å². The van der Waals surface area contributed by atoms with Crippen LogP contribution in [0.2, 0.25) is 0 Å². The molecule has 17 heavy (non-hydrogen) atoms. The van der Waals surface area contributed by atoms with Gasteiger partial charge in [-0.15, -0.1) is 0 Å². The number of hydrogen-bond donors (Lipinski definition) is 1. The molecule has 0 saturated heterocycles. The lowest BCUT2D eigenvalue weighted by atomic mass is 10.1. The summed E-state index contributed by atoms with van der Waals surface area (Å²) >= 11 is 0. The standard InChI is InChI=1S/C14H21NO2/c1-14(2,3)17-12-6-4-5-10(9-15)13(12)16-11-7-8-11/h4-6,11H,7-9,15H2,1-3H3. The number of ether oxygens (including phenoxy) is 2. The Morgan fingerprint density at radius 1 is 1.29 bits per heavy atom. The number of rotatable bonds is 4. The molecule has 1 aliphatic carbocycles. The van der Waals surface area contributed by atoms with Gasteiger partial charge in [-0.3, -0.25) is 0 Å². The normalized spacial score (nSPS) is 15.8. The van der Waals surface area contributed by atoms with Crippen molar-refractivity contribution >= 4 is 0 Å². The summed E-state index contributed by atoms with van der Waals surface area (Å²) in [5.74, 6) is 1.62. The average Bonchev–Trinajstić information content (AvgIpc) is 3.02. The molecule has 94 valence electrons. The summed E-state index contributed by atoms with van der Waals surface area (Å²) in [6.07, 6.45) is 2.62. The number of para-hydroxylation sites is 1. The smallest absolute Gasteiger partial charge is 0.166 e. The van der Waals surface area contributed by atoms with E-state index in [4.69, 9.17) is 15.2 Å². The van der Waals surface area contributed by atoms with Crippen LogP contribution in [-0.2, 0) is 6.54 Å². The van der Waals surface area contributed by atoms with E-state index in [1.807, 2.05) is 39.0 Å². The van der Waals surface area contributed by atoms with Gasteiger partial charge in [0.15, 0.2) is 11.5 Å². The molecule has 3 nitrogen and oxygen atoms in total.